The molecule has 2 aromatic heterocycles. The minimum absolute atomic E-state index is 0.0255. The van der Waals surface area contributed by atoms with Gasteiger partial charge in [0.2, 0.25) is 17.0 Å². The van der Waals surface area contributed by atoms with Crippen molar-refractivity contribution in [1.29, 1.82) is 0 Å². The van der Waals surface area contributed by atoms with Gasteiger partial charge in [-0.25, -0.2) is 0 Å². The Morgan fingerprint density at radius 2 is 1.61 bits per heavy atom. The summed E-state index contributed by atoms with van der Waals surface area (Å²) in [5.74, 6) is -2.35. The topological polar surface area (TPSA) is 108 Å². The normalized spacial score (nSPS) is 12.1. The molecule has 0 atom stereocenters. The molecule has 0 aliphatic heterocycles. The lowest BCUT2D eigenvalue weighted by atomic mass is 10.0. The van der Waals surface area contributed by atoms with Crippen LogP contribution in [0.5, 0.6) is 17.2 Å². The molecular weight excluding hydrogens is 562 g/mol. The van der Waals surface area contributed by atoms with Gasteiger partial charge in [0.1, 0.15) is 22.8 Å². The molecule has 212 valence electrons. The Balaban J connectivity index is 1.44. The minimum Gasteiger partial charge on any atom is -0.508 e. The third-order valence-corrected chi connectivity index (χ3v) is 5.86. The molecule has 5 rings (SSSR count). The number of fused-ring (bicyclic) bond motifs is 1. The summed E-state index contributed by atoms with van der Waals surface area (Å²) >= 11 is 0. The number of halogens is 6. The number of aromatic hydroxyl groups is 1. The van der Waals surface area contributed by atoms with E-state index in [9.17, 15) is 36.2 Å². The van der Waals surface area contributed by atoms with Gasteiger partial charge < -0.3 is 23.5 Å². The highest BCUT2D eigenvalue weighted by Crippen LogP contribution is 2.39. The molecule has 2 heterocycles. The highest BCUT2D eigenvalue weighted by molar-refractivity contribution is 5.84. The lowest BCUT2D eigenvalue weighted by Gasteiger charge is -2.13. The van der Waals surface area contributed by atoms with Gasteiger partial charge in [-0.05, 0) is 54.1 Å². The van der Waals surface area contributed by atoms with Crippen molar-refractivity contribution < 1.29 is 49.9 Å². The van der Waals surface area contributed by atoms with Crippen molar-refractivity contribution in [2.45, 2.75) is 19.0 Å². The summed E-state index contributed by atoms with van der Waals surface area (Å²) in [6.07, 6.45) is -9.68. The number of nitrogens with zero attached hydrogens (tertiary/aromatic N) is 2. The zero-order chi connectivity index (χ0) is 29.5. The molecular formula is C27H16F6N2O6. The van der Waals surface area contributed by atoms with E-state index >= 15 is 0 Å². The first-order valence-corrected chi connectivity index (χ1v) is 11.5. The average molecular weight is 578 g/mol. The Bertz CT molecular complexity index is 1790. The van der Waals surface area contributed by atoms with Crippen LogP contribution in [0.1, 0.15) is 17.1 Å². The number of rotatable bonds is 6. The van der Waals surface area contributed by atoms with Gasteiger partial charge in [-0.15, -0.1) is 0 Å². The van der Waals surface area contributed by atoms with Crippen LogP contribution in [0.25, 0.3) is 33.6 Å². The number of ether oxygens (including phenoxy) is 2. The molecule has 1 N–H and O–H groups in total. The Hall–Kier alpha value is -5.01. The molecule has 0 bridgehead atoms. The van der Waals surface area contributed by atoms with Crippen LogP contribution in [0.3, 0.4) is 0 Å². The maximum atomic E-state index is 13.8. The quantitative estimate of drug-likeness (QED) is 0.218. The Morgan fingerprint density at radius 1 is 0.902 bits per heavy atom. The van der Waals surface area contributed by atoms with Gasteiger partial charge in [-0.3, -0.25) is 4.79 Å². The second-order valence-corrected chi connectivity index (χ2v) is 8.56. The Morgan fingerprint density at radius 3 is 2.27 bits per heavy atom. The van der Waals surface area contributed by atoms with Gasteiger partial charge in [0, 0.05) is 5.56 Å². The fourth-order valence-corrected chi connectivity index (χ4v) is 3.99. The van der Waals surface area contributed by atoms with E-state index in [0.29, 0.717) is 0 Å². The van der Waals surface area contributed by atoms with Gasteiger partial charge >= 0.3 is 12.4 Å². The van der Waals surface area contributed by atoms with E-state index in [1.54, 1.807) is 0 Å². The third-order valence-electron chi connectivity index (χ3n) is 5.86. The first-order valence-electron chi connectivity index (χ1n) is 11.5. The molecule has 0 saturated heterocycles. The smallest absolute Gasteiger partial charge is 0.450 e. The lowest BCUT2D eigenvalue weighted by molar-refractivity contribution is -0.152. The SMILES string of the molecule is COc1ccc(-c2nc(COc3ccc4oc(C(F)(F)F)c(-c5ccc(O)cc5)c(=O)c4c3)no2)cc1C(F)(F)F. The summed E-state index contributed by atoms with van der Waals surface area (Å²) in [6, 6.07) is 11.3. The van der Waals surface area contributed by atoms with E-state index in [-0.39, 0.29) is 57.7 Å². The zero-order valence-electron chi connectivity index (χ0n) is 20.6. The molecule has 14 heteroatoms. The van der Waals surface area contributed by atoms with Crippen LogP contribution in [-0.2, 0) is 19.0 Å². The summed E-state index contributed by atoms with van der Waals surface area (Å²) in [6.45, 7) is -0.353. The molecule has 3 aromatic carbocycles. The molecule has 0 fully saturated rings. The fraction of sp³-hybridized carbons (Fsp3) is 0.148. The van der Waals surface area contributed by atoms with Crippen molar-refractivity contribution >= 4 is 11.0 Å². The highest BCUT2D eigenvalue weighted by Gasteiger charge is 2.39. The van der Waals surface area contributed by atoms with E-state index in [1.165, 1.54) is 18.2 Å². The maximum absolute atomic E-state index is 13.8. The number of alkyl halides is 6. The van der Waals surface area contributed by atoms with E-state index in [4.69, 9.17) is 18.4 Å². The van der Waals surface area contributed by atoms with Gasteiger partial charge in [-0.2, -0.15) is 31.3 Å². The first kappa shape index (κ1) is 27.6. The summed E-state index contributed by atoms with van der Waals surface area (Å²) in [5, 5.41) is 12.9. The molecule has 5 aromatic rings. The number of aromatic nitrogens is 2. The number of benzene rings is 3. The van der Waals surface area contributed by atoms with Crippen LogP contribution in [0.4, 0.5) is 26.3 Å². The van der Waals surface area contributed by atoms with Crippen LogP contribution >= 0.6 is 0 Å². The van der Waals surface area contributed by atoms with Crippen molar-refractivity contribution in [3.63, 3.8) is 0 Å². The minimum atomic E-state index is -4.99. The van der Waals surface area contributed by atoms with E-state index < -0.39 is 34.7 Å². The van der Waals surface area contributed by atoms with Gasteiger partial charge in [0.05, 0.1) is 23.6 Å². The van der Waals surface area contributed by atoms with Gasteiger partial charge in [0.25, 0.3) is 5.89 Å². The lowest BCUT2D eigenvalue weighted by Crippen LogP contribution is -2.16. The molecule has 0 unspecified atom stereocenters. The number of methoxy groups -OCH3 is 1. The van der Waals surface area contributed by atoms with Crippen molar-refractivity contribution in [3.8, 4) is 39.8 Å². The zero-order valence-corrected chi connectivity index (χ0v) is 20.6. The van der Waals surface area contributed by atoms with E-state index in [0.717, 1.165) is 49.6 Å². The van der Waals surface area contributed by atoms with Crippen LogP contribution < -0.4 is 14.9 Å². The maximum Gasteiger partial charge on any atom is 0.450 e. The van der Waals surface area contributed by atoms with Crippen LogP contribution in [0.2, 0.25) is 0 Å². The third kappa shape index (κ3) is 5.53. The van der Waals surface area contributed by atoms with Crippen LogP contribution in [-0.4, -0.2) is 22.4 Å². The molecule has 0 spiro atoms. The second kappa shape index (κ2) is 10.2. The highest BCUT2D eigenvalue weighted by atomic mass is 19.4. The van der Waals surface area contributed by atoms with Crippen molar-refractivity contribution in [1.82, 2.24) is 10.1 Å². The van der Waals surface area contributed by atoms with Crippen molar-refractivity contribution in [2.24, 2.45) is 0 Å². The van der Waals surface area contributed by atoms with E-state index in [1.807, 2.05) is 0 Å². The molecule has 41 heavy (non-hydrogen) atoms. The average Bonchev–Trinajstić information content (AvgIpc) is 3.40. The molecule has 0 saturated carbocycles. The molecule has 0 radical (unpaired) electrons. The molecule has 0 amide bonds. The van der Waals surface area contributed by atoms with Crippen LogP contribution in [0.15, 0.2) is 74.4 Å². The van der Waals surface area contributed by atoms with Gasteiger partial charge in [-0.1, -0.05) is 17.3 Å². The van der Waals surface area contributed by atoms with E-state index in [2.05, 4.69) is 10.1 Å². The largest absolute Gasteiger partial charge is 0.508 e. The summed E-state index contributed by atoms with van der Waals surface area (Å²) < 4.78 is 102. The predicted octanol–water partition coefficient (Wildman–Crippen LogP) is 6.84. The number of hydrogen-bond acceptors (Lipinski definition) is 8. The Kier molecular flexibility index (Phi) is 6.85. The van der Waals surface area contributed by atoms with Crippen molar-refractivity contribution in [2.75, 3.05) is 7.11 Å². The molecule has 0 aliphatic rings. The predicted molar refractivity (Wildman–Crippen MR) is 130 cm³/mol. The Labute approximate surface area is 225 Å². The summed E-state index contributed by atoms with van der Waals surface area (Å²) in [7, 11) is 1.10. The number of hydrogen-bond donors (Lipinski definition) is 1. The monoisotopic (exact) mass is 578 g/mol. The summed E-state index contributed by atoms with van der Waals surface area (Å²) in [4.78, 5) is 17.2. The summed E-state index contributed by atoms with van der Waals surface area (Å²) in [5.41, 5.74) is -3.27. The number of phenols is 1. The first-order chi connectivity index (χ1) is 19.3. The second-order valence-electron chi connectivity index (χ2n) is 8.56. The number of phenolic OH excluding ortho intramolecular Hbond substituents is 1. The molecule has 0 aliphatic carbocycles. The fourth-order valence-electron chi connectivity index (χ4n) is 3.99. The standard InChI is InChI=1S/C27H16F6N2O6/c1-38-20-8-4-14(10-18(20)26(28,29)30)25-34-21(35-41-25)12-39-16-7-9-19-17(11-16)23(37)22(24(40-19)27(31,32)33)13-2-5-15(36)6-3-13/h2-11,36H,12H2,1H3. The van der Waals surface area contributed by atoms with Crippen LogP contribution in [0, 0.1) is 0 Å². The van der Waals surface area contributed by atoms with Gasteiger partial charge in [0.15, 0.2) is 6.61 Å². The molecule has 8 nitrogen and oxygen atoms in total. The van der Waals surface area contributed by atoms with Crippen molar-refractivity contribution in [3.05, 3.63) is 88.0 Å².